The lowest BCUT2D eigenvalue weighted by molar-refractivity contribution is 0.0555. The van der Waals surface area contributed by atoms with Crippen LogP contribution in [0.25, 0.3) is 0 Å². The second kappa shape index (κ2) is 4.72. The number of ether oxygens (including phenoxy) is 1. The zero-order chi connectivity index (χ0) is 10.6. The molecule has 0 saturated heterocycles. The Labute approximate surface area is 82.7 Å². The molecule has 0 aromatic carbocycles. The molecular weight excluding hydrogens is 182 g/mol. The van der Waals surface area contributed by atoms with Gasteiger partial charge in [-0.2, -0.15) is 10.2 Å². The molecule has 76 valence electrons. The van der Waals surface area contributed by atoms with Crippen molar-refractivity contribution in [1.29, 1.82) is 5.26 Å². The lowest BCUT2D eigenvalue weighted by Gasteiger charge is -2.14. The van der Waals surface area contributed by atoms with Gasteiger partial charge in [-0.25, -0.2) is 0 Å². The molecule has 0 N–H and O–H groups in total. The normalized spacial score (nSPS) is 12.8. The minimum Gasteiger partial charge on any atom is -0.373 e. The van der Waals surface area contributed by atoms with E-state index in [1.54, 1.807) is 7.11 Å². The highest BCUT2D eigenvalue weighted by molar-refractivity contribution is 4.96. The first-order valence-electron chi connectivity index (χ1n) is 4.41. The van der Waals surface area contributed by atoms with Crippen molar-refractivity contribution in [3.05, 3.63) is 11.7 Å². The van der Waals surface area contributed by atoms with Gasteiger partial charge in [-0.05, 0) is 5.92 Å². The van der Waals surface area contributed by atoms with Crippen LogP contribution < -0.4 is 0 Å². The summed E-state index contributed by atoms with van der Waals surface area (Å²) in [5, 5.41) is 12.2. The van der Waals surface area contributed by atoms with Gasteiger partial charge in [-0.3, -0.25) is 0 Å². The van der Waals surface area contributed by atoms with Gasteiger partial charge < -0.3 is 9.26 Å². The van der Waals surface area contributed by atoms with Crippen LogP contribution in [0.1, 0.15) is 31.7 Å². The van der Waals surface area contributed by atoms with Crippen LogP contribution in [0, 0.1) is 17.2 Å². The van der Waals surface area contributed by atoms with Crippen LogP contribution in [0.3, 0.4) is 0 Å². The Bertz CT molecular complexity index is 327. The van der Waals surface area contributed by atoms with Crippen LogP contribution in [-0.2, 0) is 11.2 Å². The van der Waals surface area contributed by atoms with Crippen LogP contribution >= 0.6 is 0 Å². The molecule has 1 aromatic rings. The third kappa shape index (κ3) is 2.30. The van der Waals surface area contributed by atoms with Crippen molar-refractivity contribution in [2.24, 2.45) is 5.92 Å². The van der Waals surface area contributed by atoms with Crippen molar-refractivity contribution in [2.45, 2.75) is 26.4 Å². The smallest absolute Gasteiger partial charge is 0.240 e. The van der Waals surface area contributed by atoms with Crippen molar-refractivity contribution in [3.63, 3.8) is 0 Å². The minimum atomic E-state index is -0.175. The molecule has 5 nitrogen and oxygen atoms in total. The lowest BCUT2D eigenvalue weighted by atomic mass is 10.1. The van der Waals surface area contributed by atoms with E-state index in [1.807, 2.05) is 19.9 Å². The quantitative estimate of drug-likeness (QED) is 0.727. The Hall–Kier alpha value is -1.41. The van der Waals surface area contributed by atoms with Crippen molar-refractivity contribution in [2.75, 3.05) is 7.11 Å². The summed E-state index contributed by atoms with van der Waals surface area (Å²) in [5.74, 6) is 1.12. The number of aromatic nitrogens is 2. The second-order valence-corrected chi connectivity index (χ2v) is 3.28. The summed E-state index contributed by atoms with van der Waals surface area (Å²) in [5.41, 5.74) is 0. The van der Waals surface area contributed by atoms with Gasteiger partial charge in [0.25, 0.3) is 0 Å². The number of hydrogen-bond donors (Lipinski definition) is 0. The van der Waals surface area contributed by atoms with E-state index < -0.39 is 0 Å². The summed E-state index contributed by atoms with van der Waals surface area (Å²) in [6.07, 6.45) is -0.0344. The van der Waals surface area contributed by atoms with Crippen molar-refractivity contribution < 1.29 is 9.26 Å². The van der Waals surface area contributed by atoms with Gasteiger partial charge in [0.05, 0.1) is 6.07 Å². The highest BCUT2D eigenvalue weighted by Crippen LogP contribution is 2.22. The fourth-order valence-corrected chi connectivity index (χ4v) is 1.20. The monoisotopic (exact) mass is 195 g/mol. The summed E-state index contributed by atoms with van der Waals surface area (Å²) in [4.78, 5) is 4.07. The maximum atomic E-state index is 8.42. The molecule has 0 aliphatic heterocycles. The molecular formula is C9H13N3O2. The first-order valence-corrected chi connectivity index (χ1v) is 4.41. The molecule has 1 rings (SSSR count). The van der Waals surface area contributed by atoms with Gasteiger partial charge in [0.2, 0.25) is 11.7 Å². The van der Waals surface area contributed by atoms with Crippen molar-refractivity contribution >= 4 is 0 Å². The second-order valence-electron chi connectivity index (χ2n) is 3.28. The van der Waals surface area contributed by atoms with E-state index in [0.29, 0.717) is 11.7 Å². The maximum absolute atomic E-state index is 8.42. The third-order valence-electron chi connectivity index (χ3n) is 1.83. The van der Waals surface area contributed by atoms with Crippen LogP contribution in [0.2, 0.25) is 0 Å². The molecule has 0 amide bonds. The van der Waals surface area contributed by atoms with Gasteiger partial charge in [-0.1, -0.05) is 19.0 Å². The van der Waals surface area contributed by atoms with Gasteiger partial charge >= 0.3 is 0 Å². The Morgan fingerprint density at radius 2 is 2.29 bits per heavy atom. The largest absolute Gasteiger partial charge is 0.373 e. The van der Waals surface area contributed by atoms with E-state index >= 15 is 0 Å². The Kier molecular flexibility index (Phi) is 3.60. The maximum Gasteiger partial charge on any atom is 0.240 e. The number of rotatable bonds is 4. The highest BCUT2D eigenvalue weighted by Gasteiger charge is 2.20. The standard InChI is InChI=1S/C9H13N3O2/c1-6(2)8(13-3)9-11-7(4-5-10)14-12-9/h6,8H,4H2,1-3H3. The van der Waals surface area contributed by atoms with E-state index in [4.69, 9.17) is 14.5 Å². The average Bonchev–Trinajstić information content (AvgIpc) is 2.54. The van der Waals surface area contributed by atoms with Gasteiger partial charge in [0, 0.05) is 7.11 Å². The molecule has 0 aliphatic rings. The van der Waals surface area contributed by atoms with Gasteiger partial charge in [0.15, 0.2) is 0 Å². The van der Waals surface area contributed by atoms with Crippen LogP contribution in [0.15, 0.2) is 4.52 Å². The van der Waals surface area contributed by atoms with E-state index in [9.17, 15) is 0 Å². The highest BCUT2D eigenvalue weighted by atomic mass is 16.5. The van der Waals surface area contributed by atoms with E-state index in [1.165, 1.54) is 0 Å². The van der Waals surface area contributed by atoms with Crippen LogP contribution in [0.4, 0.5) is 0 Å². The van der Waals surface area contributed by atoms with E-state index in [-0.39, 0.29) is 18.4 Å². The Balaban J connectivity index is 2.79. The average molecular weight is 195 g/mol. The lowest BCUT2D eigenvalue weighted by Crippen LogP contribution is -2.10. The molecule has 0 fully saturated rings. The molecule has 1 unspecified atom stereocenters. The number of hydrogen-bond acceptors (Lipinski definition) is 5. The molecule has 1 heterocycles. The predicted octanol–water partition coefficient (Wildman–Crippen LogP) is 1.48. The predicted molar refractivity (Wildman–Crippen MR) is 48.2 cm³/mol. The summed E-state index contributed by atoms with van der Waals surface area (Å²) < 4.78 is 10.1. The Morgan fingerprint density at radius 3 is 2.79 bits per heavy atom. The molecule has 5 heteroatoms. The SMILES string of the molecule is COC(c1noc(CC#N)n1)C(C)C. The van der Waals surface area contributed by atoms with E-state index in [2.05, 4.69) is 10.1 Å². The molecule has 0 spiro atoms. The first kappa shape index (κ1) is 10.7. The summed E-state index contributed by atoms with van der Waals surface area (Å²) >= 11 is 0. The topological polar surface area (TPSA) is 71.9 Å². The zero-order valence-electron chi connectivity index (χ0n) is 8.52. The molecule has 14 heavy (non-hydrogen) atoms. The van der Waals surface area contributed by atoms with Crippen molar-refractivity contribution in [1.82, 2.24) is 10.1 Å². The molecule has 1 aromatic heterocycles. The first-order chi connectivity index (χ1) is 6.69. The Morgan fingerprint density at radius 1 is 1.57 bits per heavy atom. The molecule has 0 radical (unpaired) electrons. The number of nitrogens with zero attached hydrogens (tertiary/aromatic N) is 3. The number of nitriles is 1. The summed E-state index contributed by atoms with van der Waals surface area (Å²) in [7, 11) is 1.60. The van der Waals surface area contributed by atoms with E-state index in [0.717, 1.165) is 0 Å². The number of methoxy groups -OCH3 is 1. The van der Waals surface area contributed by atoms with Crippen molar-refractivity contribution in [3.8, 4) is 6.07 Å². The summed E-state index contributed by atoms with van der Waals surface area (Å²) in [6, 6.07) is 1.95. The summed E-state index contributed by atoms with van der Waals surface area (Å²) in [6.45, 7) is 4.02. The zero-order valence-corrected chi connectivity index (χ0v) is 8.52. The van der Waals surface area contributed by atoms with Gasteiger partial charge in [-0.15, -0.1) is 0 Å². The molecule has 1 atom stereocenters. The molecule has 0 bridgehead atoms. The van der Waals surface area contributed by atoms with Crippen LogP contribution in [-0.4, -0.2) is 17.3 Å². The fourth-order valence-electron chi connectivity index (χ4n) is 1.20. The minimum absolute atomic E-state index is 0.140. The fraction of sp³-hybridized carbons (Fsp3) is 0.667. The van der Waals surface area contributed by atoms with Gasteiger partial charge in [0.1, 0.15) is 12.5 Å². The molecule has 0 aliphatic carbocycles. The molecule has 0 saturated carbocycles. The third-order valence-corrected chi connectivity index (χ3v) is 1.83. The van der Waals surface area contributed by atoms with Crippen LogP contribution in [0.5, 0.6) is 0 Å².